The summed E-state index contributed by atoms with van der Waals surface area (Å²) in [7, 11) is 0. The zero-order chi connectivity index (χ0) is 11.3. The van der Waals surface area contributed by atoms with Crippen molar-refractivity contribution in [2.45, 2.75) is 39.4 Å². The SMILES string of the molecule is CCOC(O)C(C)CC1=C(Cl)CCC=C1. The van der Waals surface area contributed by atoms with Crippen molar-refractivity contribution in [3.63, 3.8) is 0 Å². The molecular formula is C12H19ClO2. The van der Waals surface area contributed by atoms with E-state index in [2.05, 4.69) is 12.2 Å². The number of aliphatic hydroxyl groups is 1. The van der Waals surface area contributed by atoms with Crippen LogP contribution in [0.1, 0.15) is 33.1 Å². The molecule has 0 aromatic rings. The molecule has 86 valence electrons. The molecule has 0 radical (unpaired) electrons. The number of ether oxygens (including phenoxy) is 1. The first-order chi connectivity index (χ1) is 7.15. The third kappa shape index (κ3) is 3.98. The van der Waals surface area contributed by atoms with Crippen LogP contribution in [0, 0.1) is 5.92 Å². The van der Waals surface area contributed by atoms with E-state index in [-0.39, 0.29) is 5.92 Å². The molecule has 2 nitrogen and oxygen atoms in total. The summed E-state index contributed by atoms with van der Waals surface area (Å²) >= 11 is 6.11. The number of halogens is 1. The largest absolute Gasteiger partial charge is 0.368 e. The van der Waals surface area contributed by atoms with Gasteiger partial charge in [0, 0.05) is 17.6 Å². The molecule has 1 aliphatic rings. The standard InChI is InChI=1S/C12H19ClO2/c1-3-15-12(14)9(2)8-10-6-4-5-7-11(10)13/h4,6,9,12,14H,3,5,7-8H2,1-2H3. The van der Waals surface area contributed by atoms with Crippen molar-refractivity contribution in [1.29, 1.82) is 0 Å². The molecule has 1 aliphatic carbocycles. The van der Waals surface area contributed by atoms with Gasteiger partial charge in [0.25, 0.3) is 0 Å². The fourth-order valence-corrected chi connectivity index (χ4v) is 1.90. The smallest absolute Gasteiger partial charge is 0.157 e. The van der Waals surface area contributed by atoms with E-state index in [0.717, 1.165) is 29.9 Å². The Labute approximate surface area is 96.6 Å². The van der Waals surface area contributed by atoms with Crippen LogP contribution in [-0.2, 0) is 4.74 Å². The number of rotatable bonds is 5. The van der Waals surface area contributed by atoms with Gasteiger partial charge in [-0.2, -0.15) is 0 Å². The van der Waals surface area contributed by atoms with Gasteiger partial charge in [0.1, 0.15) is 0 Å². The summed E-state index contributed by atoms with van der Waals surface area (Å²) in [6.45, 7) is 4.39. The average Bonchev–Trinajstić information content (AvgIpc) is 2.21. The Balaban J connectivity index is 2.50. The lowest BCUT2D eigenvalue weighted by Gasteiger charge is -2.20. The van der Waals surface area contributed by atoms with Crippen molar-refractivity contribution in [1.82, 2.24) is 0 Å². The normalized spacial score (nSPS) is 20.5. The zero-order valence-corrected chi connectivity index (χ0v) is 10.1. The first kappa shape index (κ1) is 12.8. The molecule has 0 aromatic carbocycles. The molecule has 0 saturated heterocycles. The van der Waals surface area contributed by atoms with E-state index in [0.29, 0.717) is 6.61 Å². The number of hydrogen-bond acceptors (Lipinski definition) is 2. The summed E-state index contributed by atoms with van der Waals surface area (Å²) < 4.78 is 5.15. The maximum Gasteiger partial charge on any atom is 0.157 e. The number of allylic oxidation sites excluding steroid dienone is 4. The molecule has 1 N–H and O–H groups in total. The third-order valence-corrected chi connectivity index (χ3v) is 3.00. The van der Waals surface area contributed by atoms with Gasteiger partial charge in [-0.3, -0.25) is 0 Å². The molecule has 0 bridgehead atoms. The van der Waals surface area contributed by atoms with E-state index in [1.54, 1.807) is 0 Å². The van der Waals surface area contributed by atoms with Gasteiger partial charge >= 0.3 is 0 Å². The Hall–Kier alpha value is -0.310. The van der Waals surface area contributed by atoms with E-state index in [1.807, 2.05) is 13.8 Å². The highest BCUT2D eigenvalue weighted by atomic mass is 35.5. The molecule has 0 fully saturated rings. The molecule has 0 spiro atoms. The quantitative estimate of drug-likeness (QED) is 0.735. The molecular weight excluding hydrogens is 212 g/mol. The van der Waals surface area contributed by atoms with Gasteiger partial charge in [-0.15, -0.1) is 0 Å². The van der Waals surface area contributed by atoms with Crippen LogP contribution in [-0.4, -0.2) is 18.0 Å². The van der Waals surface area contributed by atoms with Crippen LogP contribution in [0.15, 0.2) is 22.8 Å². The fourth-order valence-electron chi connectivity index (χ4n) is 1.65. The topological polar surface area (TPSA) is 29.5 Å². The molecule has 0 saturated carbocycles. The fraction of sp³-hybridized carbons (Fsp3) is 0.667. The Morgan fingerprint density at radius 3 is 2.93 bits per heavy atom. The molecule has 0 heterocycles. The number of hydrogen-bond donors (Lipinski definition) is 1. The summed E-state index contributed by atoms with van der Waals surface area (Å²) in [4.78, 5) is 0. The molecule has 0 amide bonds. The lowest BCUT2D eigenvalue weighted by molar-refractivity contribution is -0.125. The second-order valence-electron chi connectivity index (χ2n) is 3.90. The summed E-state index contributed by atoms with van der Waals surface area (Å²) in [5, 5.41) is 10.5. The second-order valence-corrected chi connectivity index (χ2v) is 4.35. The van der Waals surface area contributed by atoms with Crippen LogP contribution in [0.4, 0.5) is 0 Å². The van der Waals surface area contributed by atoms with Crippen LogP contribution < -0.4 is 0 Å². The molecule has 2 atom stereocenters. The molecule has 0 aromatic heterocycles. The van der Waals surface area contributed by atoms with Gasteiger partial charge in [-0.1, -0.05) is 30.7 Å². The Morgan fingerprint density at radius 2 is 2.33 bits per heavy atom. The molecule has 1 rings (SSSR count). The van der Waals surface area contributed by atoms with Crippen LogP contribution in [0.3, 0.4) is 0 Å². The lowest BCUT2D eigenvalue weighted by Crippen LogP contribution is -2.21. The summed E-state index contributed by atoms with van der Waals surface area (Å²) in [5.74, 6) is 0.0800. The average molecular weight is 231 g/mol. The van der Waals surface area contributed by atoms with Gasteiger partial charge in [-0.25, -0.2) is 0 Å². The molecule has 3 heteroatoms. The maximum atomic E-state index is 9.62. The van der Waals surface area contributed by atoms with Crippen molar-refractivity contribution < 1.29 is 9.84 Å². The highest BCUT2D eigenvalue weighted by Gasteiger charge is 2.17. The Kier molecular flexibility index (Phi) is 5.37. The van der Waals surface area contributed by atoms with Crippen molar-refractivity contribution in [3.8, 4) is 0 Å². The van der Waals surface area contributed by atoms with E-state index in [1.165, 1.54) is 0 Å². The van der Waals surface area contributed by atoms with Crippen LogP contribution >= 0.6 is 11.6 Å². The Morgan fingerprint density at radius 1 is 1.60 bits per heavy atom. The summed E-state index contributed by atoms with van der Waals surface area (Å²) in [5.41, 5.74) is 1.13. The van der Waals surface area contributed by atoms with Gasteiger partial charge < -0.3 is 9.84 Å². The predicted molar refractivity (Wildman–Crippen MR) is 62.7 cm³/mol. The lowest BCUT2D eigenvalue weighted by atomic mass is 9.96. The van der Waals surface area contributed by atoms with Crippen molar-refractivity contribution in [2.24, 2.45) is 5.92 Å². The highest BCUT2D eigenvalue weighted by molar-refractivity contribution is 6.30. The van der Waals surface area contributed by atoms with E-state index < -0.39 is 6.29 Å². The second kappa shape index (κ2) is 6.31. The van der Waals surface area contributed by atoms with E-state index >= 15 is 0 Å². The molecule has 2 unspecified atom stereocenters. The minimum absolute atomic E-state index is 0.0800. The van der Waals surface area contributed by atoms with Crippen molar-refractivity contribution in [3.05, 3.63) is 22.8 Å². The Bertz CT molecular complexity index is 258. The van der Waals surface area contributed by atoms with Crippen molar-refractivity contribution in [2.75, 3.05) is 6.61 Å². The predicted octanol–water partition coefficient (Wildman–Crippen LogP) is 3.21. The third-order valence-electron chi connectivity index (χ3n) is 2.56. The van der Waals surface area contributed by atoms with E-state index in [9.17, 15) is 5.11 Å². The molecule has 0 aliphatic heterocycles. The first-order valence-electron chi connectivity index (χ1n) is 5.48. The van der Waals surface area contributed by atoms with Gasteiger partial charge in [-0.05, 0) is 31.8 Å². The molecule has 15 heavy (non-hydrogen) atoms. The zero-order valence-electron chi connectivity index (χ0n) is 9.37. The van der Waals surface area contributed by atoms with Gasteiger partial charge in [0.15, 0.2) is 6.29 Å². The highest BCUT2D eigenvalue weighted by Crippen LogP contribution is 2.28. The monoisotopic (exact) mass is 230 g/mol. The minimum atomic E-state index is -0.692. The van der Waals surface area contributed by atoms with Crippen LogP contribution in [0.2, 0.25) is 0 Å². The first-order valence-corrected chi connectivity index (χ1v) is 5.86. The summed E-state index contributed by atoms with van der Waals surface area (Å²) in [6, 6.07) is 0. The van der Waals surface area contributed by atoms with Gasteiger partial charge in [0.05, 0.1) is 0 Å². The van der Waals surface area contributed by atoms with Crippen molar-refractivity contribution >= 4 is 11.6 Å². The van der Waals surface area contributed by atoms with E-state index in [4.69, 9.17) is 16.3 Å². The maximum absolute atomic E-state index is 9.62. The van der Waals surface area contributed by atoms with Crippen LogP contribution in [0.25, 0.3) is 0 Å². The summed E-state index contributed by atoms with van der Waals surface area (Å²) in [6.07, 6.45) is 6.20. The number of aliphatic hydroxyl groups excluding tert-OH is 1. The van der Waals surface area contributed by atoms with Crippen LogP contribution in [0.5, 0.6) is 0 Å². The minimum Gasteiger partial charge on any atom is -0.368 e. The van der Waals surface area contributed by atoms with Gasteiger partial charge in [0.2, 0.25) is 0 Å².